The highest BCUT2D eigenvalue weighted by Gasteiger charge is 2.28. The Kier molecular flexibility index (Phi) is 3.81. The number of carbonyl (C=O) groups is 1. The summed E-state index contributed by atoms with van der Waals surface area (Å²) in [6, 6.07) is 3.56. The quantitative estimate of drug-likeness (QED) is 0.901. The van der Waals surface area contributed by atoms with Crippen LogP contribution in [0.1, 0.15) is 12.1 Å². The lowest BCUT2D eigenvalue weighted by molar-refractivity contribution is -0.121. The van der Waals surface area contributed by atoms with E-state index < -0.39 is 9.84 Å². The first kappa shape index (κ1) is 14.3. The predicted molar refractivity (Wildman–Crippen MR) is 80.3 cm³/mol. The smallest absolute Gasteiger partial charge is 0.226 e. The molecular formula is C13H15N3O3S2. The van der Waals surface area contributed by atoms with Gasteiger partial charge in [0.2, 0.25) is 5.91 Å². The Labute approximate surface area is 126 Å². The number of nitrogens with one attached hydrogen (secondary N) is 1. The van der Waals surface area contributed by atoms with Crippen LogP contribution in [0.3, 0.4) is 0 Å². The molecule has 3 heterocycles. The highest BCUT2D eigenvalue weighted by atomic mass is 32.2. The van der Waals surface area contributed by atoms with Crippen LogP contribution in [0.25, 0.3) is 5.13 Å². The molecule has 1 unspecified atom stereocenters. The zero-order chi connectivity index (χ0) is 14.9. The minimum atomic E-state index is -2.97. The zero-order valence-corrected chi connectivity index (χ0v) is 12.9. The molecule has 0 radical (unpaired) electrons. The molecule has 112 valence electrons. The molecule has 1 saturated heterocycles. The van der Waals surface area contributed by atoms with Crippen LogP contribution >= 0.6 is 11.3 Å². The molecule has 1 N–H and O–H groups in total. The fraction of sp³-hybridized carbons (Fsp3) is 0.385. The van der Waals surface area contributed by atoms with Crippen LogP contribution < -0.4 is 5.32 Å². The highest BCUT2D eigenvalue weighted by Crippen LogP contribution is 2.16. The van der Waals surface area contributed by atoms with Crippen LogP contribution in [0.15, 0.2) is 29.9 Å². The molecule has 1 amide bonds. The molecule has 21 heavy (non-hydrogen) atoms. The van der Waals surface area contributed by atoms with Gasteiger partial charge in [-0.25, -0.2) is 13.4 Å². The van der Waals surface area contributed by atoms with Crippen molar-refractivity contribution in [3.05, 3.63) is 35.6 Å². The predicted octanol–water partition coefficient (Wildman–Crippen LogP) is 0.780. The molecule has 1 aliphatic rings. The number of hydrogen-bond donors (Lipinski definition) is 1. The molecule has 2 aromatic heterocycles. The Hall–Kier alpha value is -1.67. The Morgan fingerprint density at radius 2 is 2.19 bits per heavy atom. The number of hydrogen-bond acceptors (Lipinski definition) is 5. The summed E-state index contributed by atoms with van der Waals surface area (Å²) in [6.07, 6.45) is 4.46. The van der Waals surface area contributed by atoms with Crippen LogP contribution in [-0.4, -0.2) is 41.4 Å². The van der Waals surface area contributed by atoms with Crippen LogP contribution in [0.2, 0.25) is 0 Å². The number of amides is 1. The summed E-state index contributed by atoms with van der Waals surface area (Å²) in [7, 11) is -2.97. The number of rotatable bonds is 4. The first-order valence-corrected chi connectivity index (χ1v) is 9.29. The lowest BCUT2D eigenvalue weighted by atomic mass is 10.2. The third kappa shape index (κ3) is 3.51. The Bertz CT molecular complexity index is 735. The number of aromatic nitrogens is 2. The molecule has 0 spiro atoms. The van der Waals surface area contributed by atoms with Gasteiger partial charge in [-0.3, -0.25) is 4.79 Å². The second-order valence-corrected chi connectivity index (χ2v) is 8.12. The second kappa shape index (κ2) is 5.61. The molecule has 8 heteroatoms. The number of sulfone groups is 1. The van der Waals surface area contributed by atoms with Crippen molar-refractivity contribution in [2.45, 2.75) is 18.9 Å². The van der Waals surface area contributed by atoms with Gasteiger partial charge in [0.05, 0.1) is 23.6 Å². The van der Waals surface area contributed by atoms with Crippen molar-refractivity contribution in [3.8, 4) is 5.13 Å². The van der Waals surface area contributed by atoms with Crippen LogP contribution in [0.4, 0.5) is 0 Å². The number of carbonyl (C=O) groups excluding carboxylic acids is 1. The van der Waals surface area contributed by atoms with E-state index in [0.29, 0.717) is 12.1 Å². The Balaban J connectivity index is 1.58. The van der Waals surface area contributed by atoms with Gasteiger partial charge >= 0.3 is 0 Å². The van der Waals surface area contributed by atoms with Crippen molar-refractivity contribution >= 4 is 27.1 Å². The van der Waals surface area contributed by atoms with E-state index in [2.05, 4.69) is 10.3 Å². The van der Waals surface area contributed by atoms with Gasteiger partial charge in [-0.15, -0.1) is 11.3 Å². The van der Waals surface area contributed by atoms with Gasteiger partial charge in [0.25, 0.3) is 0 Å². The Morgan fingerprint density at radius 3 is 2.86 bits per heavy atom. The van der Waals surface area contributed by atoms with E-state index in [1.165, 1.54) is 11.3 Å². The maximum atomic E-state index is 11.9. The average Bonchev–Trinajstić information content (AvgIpc) is 3.09. The fourth-order valence-electron chi connectivity index (χ4n) is 2.31. The van der Waals surface area contributed by atoms with Crippen molar-refractivity contribution < 1.29 is 13.2 Å². The van der Waals surface area contributed by atoms with Crippen molar-refractivity contribution in [1.82, 2.24) is 14.9 Å². The lowest BCUT2D eigenvalue weighted by Gasteiger charge is -2.09. The van der Waals surface area contributed by atoms with E-state index in [0.717, 1.165) is 5.13 Å². The van der Waals surface area contributed by atoms with Gasteiger partial charge < -0.3 is 9.88 Å². The minimum Gasteiger partial charge on any atom is -0.352 e. The van der Waals surface area contributed by atoms with Crippen molar-refractivity contribution in [2.75, 3.05) is 11.5 Å². The highest BCUT2D eigenvalue weighted by molar-refractivity contribution is 7.91. The first-order chi connectivity index (χ1) is 10.0. The third-order valence-corrected chi connectivity index (χ3v) is 5.97. The standard InChI is InChI=1S/C13H15N3O3S2/c17-12(14-10-3-6-21(18,19)9-10)7-11-8-20-13(15-11)16-4-1-2-5-16/h1-2,4-5,8,10H,3,6-7,9H2,(H,14,17). The summed E-state index contributed by atoms with van der Waals surface area (Å²) in [5, 5.41) is 5.43. The summed E-state index contributed by atoms with van der Waals surface area (Å²) in [5.41, 5.74) is 0.696. The normalized spacial score (nSPS) is 20.5. The third-order valence-electron chi connectivity index (χ3n) is 3.30. The average molecular weight is 325 g/mol. The maximum absolute atomic E-state index is 11.9. The molecule has 1 atom stereocenters. The van der Waals surface area contributed by atoms with Crippen molar-refractivity contribution in [3.63, 3.8) is 0 Å². The molecule has 0 aliphatic carbocycles. The summed E-state index contributed by atoms with van der Waals surface area (Å²) in [4.78, 5) is 16.3. The van der Waals surface area contributed by atoms with Gasteiger partial charge in [-0.2, -0.15) is 0 Å². The minimum absolute atomic E-state index is 0.0461. The SMILES string of the molecule is O=C(Cc1csc(-n2cccc2)n1)NC1CCS(=O)(=O)C1. The molecule has 2 aromatic rings. The molecule has 0 bridgehead atoms. The summed E-state index contributed by atoms with van der Waals surface area (Å²) in [6.45, 7) is 0. The molecule has 1 fully saturated rings. The number of nitrogens with zero attached hydrogens (tertiary/aromatic N) is 2. The molecule has 3 rings (SSSR count). The second-order valence-electron chi connectivity index (χ2n) is 5.06. The van der Waals surface area contributed by atoms with Crippen molar-refractivity contribution in [1.29, 1.82) is 0 Å². The topological polar surface area (TPSA) is 81.1 Å². The Morgan fingerprint density at radius 1 is 1.43 bits per heavy atom. The summed E-state index contributed by atoms with van der Waals surface area (Å²) >= 11 is 1.47. The molecule has 1 aliphatic heterocycles. The van der Waals surface area contributed by atoms with E-state index in [9.17, 15) is 13.2 Å². The van der Waals surface area contributed by atoms with Crippen molar-refractivity contribution in [2.24, 2.45) is 0 Å². The van der Waals surface area contributed by atoms with E-state index in [-0.39, 0.29) is 29.9 Å². The maximum Gasteiger partial charge on any atom is 0.226 e. The largest absolute Gasteiger partial charge is 0.352 e. The van der Waals surface area contributed by atoms with Gasteiger partial charge in [-0.1, -0.05) is 0 Å². The van der Waals surface area contributed by atoms with Crippen LogP contribution in [-0.2, 0) is 21.1 Å². The van der Waals surface area contributed by atoms with Gasteiger partial charge in [0.1, 0.15) is 0 Å². The molecule has 0 aromatic carbocycles. The monoisotopic (exact) mass is 325 g/mol. The van der Waals surface area contributed by atoms with E-state index in [4.69, 9.17) is 0 Å². The van der Waals surface area contributed by atoms with E-state index in [1.807, 2.05) is 34.5 Å². The van der Waals surface area contributed by atoms with Gasteiger partial charge in [-0.05, 0) is 18.6 Å². The van der Waals surface area contributed by atoms with Crippen LogP contribution in [0.5, 0.6) is 0 Å². The molecular weight excluding hydrogens is 310 g/mol. The zero-order valence-electron chi connectivity index (χ0n) is 11.2. The van der Waals surface area contributed by atoms with Gasteiger partial charge in [0, 0.05) is 23.8 Å². The van der Waals surface area contributed by atoms with Gasteiger partial charge in [0.15, 0.2) is 15.0 Å². The molecule has 6 nitrogen and oxygen atoms in total. The molecule has 0 saturated carbocycles. The van der Waals surface area contributed by atoms with Crippen LogP contribution in [0, 0.1) is 0 Å². The summed E-state index contributed by atoms with van der Waals surface area (Å²) in [5.74, 6) is 0.0260. The summed E-state index contributed by atoms with van der Waals surface area (Å²) < 4.78 is 24.6. The van der Waals surface area contributed by atoms with E-state index in [1.54, 1.807) is 0 Å². The lowest BCUT2D eigenvalue weighted by Crippen LogP contribution is -2.36. The first-order valence-electron chi connectivity index (χ1n) is 6.59. The van der Waals surface area contributed by atoms with E-state index >= 15 is 0 Å². The fourth-order valence-corrected chi connectivity index (χ4v) is 4.77. The number of thiazole rings is 1.